The highest BCUT2D eigenvalue weighted by Gasteiger charge is 2.26. The number of aryl methyl sites for hydroxylation is 1. The highest BCUT2D eigenvalue weighted by atomic mass is 127. The van der Waals surface area contributed by atoms with Crippen LogP contribution in [0.3, 0.4) is 0 Å². The van der Waals surface area contributed by atoms with E-state index in [-0.39, 0.29) is 17.3 Å². The van der Waals surface area contributed by atoms with Crippen molar-refractivity contribution in [3.8, 4) is 11.5 Å². The second kappa shape index (κ2) is 10.4. The van der Waals surface area contributed by atoms with Crippen LogP contribution in [0.15, 0.2) is 65.3 Å². The van der Waals surface area contributed by atoms with Gasteiger partial charge < -0.3 is 14.2 Å². The Balaban J connectivity index is 1.60. The van der Waals surface area contributed by atoms with Crippen LogP contribution >= 0.6 is 34.2 Å². The third kappa shape index (κ3) is 5.46. The Kier molecular flexibility index (Phi) is 7.37. The molecular formula is C25H18ClIN2O6. The minimum absolute atomic E-state index is 0.0274. The van der Waals surface area contributed by atoms with Gasteiger partial charge in [0.2, 0.25) is 5.90 Å². The van der Waals surface area contributed by atoms with Gasteiger partial charge in [0.1, 0.15) is 6.61 Å². The van der Waals surface area contributed by atoms with Gasteiger partial charge in [-0.3, -0.25) is 10.1 Å². The van der Waals surface area contributed by atoms with Gasteiger partial charge in [0, 0.05) is 26.3 Å². The van der Waals surface area contributed by atoms with E-state index in [0.29, 0.717) is 39.8 Å². The van der Waals surface area contributed by atoms with Crippen LogP contribution in [0.4, 0.5) is 5.69 Å². The maximum atomic E-state index is 12.4. The second-order valence-corrected chi connectivity index (χ2v) is 9.08. The summed E-state index contributed by atoms with van der Waals surface area (Å²) in [6.45, 7) is 1.91. The van der Waals surface area contributed by atoms with Gasteiger partial charge in [-0.2, -0.15) is 0 Å². The van der Waals surface area contributed by atoms with Gasteiger partial charge in [0.05, 0.1) is 17.1 Å². The molecule has 0 N–H and O–H groups in total. The average molecular weight is 605 g/mol. The van der Waals surface area contributed by atoms with Crippen LogP contribution in [-0.4, -0.2) is 23.9 Å². The summed E-state index contributed by atoms with van der Waals surface area (Å²) in [6, 6.07) is 15.5. The zero-order valence-corrected chi connectivity index (χ0v) is 21.5. The molecule has 35 heavy (non-hydrogen) atoms. The largest absolute Gasteiger partial charge is 0.493 e. The minimum Gasteiger partial charge on any atom is -0.493 e. The number of methoxy groups -OCH3 is 1. The highest BCUT2D eigenvalue weighted by molar-refractivity contribution is 14.1. The van der Waals surface area contributed by atoms with Crippen molar-refractivity contribution in [3.05, 3.63) is 101 Å². The number of cyclic esters (lactones) is 1. The Labute approximate surface area is 219 Å². The van der Waals surface area contributed by atoms with Crippen molar-refractivity contribution in [2.45, 2.75) is 13.5 Å². The molecule has 0 radical (unpaired) electrons. The Morgan fingerprint density at radius 2 is 1.97 bits per heavy atom. The lowest BCUT2D eigenvalue weighted by molar-refractivity contribution is -0.385. The molecule has 4 rings (SSSR count). The summed E-state index contributed by atoms with van der Waals surface area (Å²) in [5, 5.41) is 11.4. The molecule has 0 spiro atoms. The topological polar surface area (TPSA) is 100 Å². The molecule has 0 aromatic heterocycles. The normalized spacial score (nSPS) is 14.0. The van der Waals surface area contributed by atoms with Gasteiger partial charge in [-0.15, -0.1) is 0 Å². The fourth-order valence-electron chi connectivity index (χ4n) is 3.41. The number of rotatable bonds is 7. The number of nitro groups is 1. The van der Waals surface area contributed by atoms with Crippen LogP contribution in [0.1, 0.15) is 22.3 Å². The molecule has 0 bridgehead atoms. The molecule has 178 valence electrons. The van der Waals surface area contributed by atoms with E-state index in [2.05, 4.69) is 27.6 Å². The molecule has 0 amide bonds. The van der Waals surface area contributed by atoms with Crippen molar-refractivity contribution < 1.29 is 23.9 Å². The Bertz CT molecular complexity index is 1400. The maximum absolute atomic E-state index is 12.4. The summed E-state index contributed by atoms with van der Waals surface area (Å²) in [4.78, 5) is 27.3. The van der Waals surface area contributed by atoms with Crippen LogP contribution < -0.4 is 9.47 Å². The zero-order chi connectivity index (χ0) is 25.1. The number of nitro benzene ring substituents is 1. The molecule has 3 aromatic rings. The number of esters is 1. The molecule has 0 aliphatic carbocycles. The minimum atomic E-state index is -0.648. The summed E-state index contributed by atoms with van der Waals surface area (Å²) in [7, 11) is 1.50. The number of aliphatic imine (C=N–C) groups is 1. The van der Waals surface area contributed by atoms with Crippen molar-refractivity contribution in [1.29, 1.82) is 0 Å². The molecule has 0 atom stereocenters. The van der Waals surface area contributed by atoms with Gasteiger partial charge >= 0.3 is 5.97 Å². The number of hydrogen-bond donors (Lipinski definition) is 0. The number of ether oxygens (including phenoxy) is 3. The maximum Gasteiger partial charge on any atom is 0.363 e. The molecule has 3 aromatic carbocycles. The first kappa shape index (κ1) is 24.7. The van der Waals surface area contributed by atoms with Crippen LogP contribution in [0.2, 0.25) is 5.02 Å². The molecule has 10 heteroatoms. The molecule has 1 aliphatic heterocycles. The van der Waals surface area contributed by atoms with E-state index in [1.807, 2.05) is 24.3 Å². The summed E-state index contributed by atoms with van der Waals surface area (Å²) in [5.41, 5.74) is 2.49. The van der Waals surface area contributed by atoms with Crippen molar-refractivity contribution in [2.24, 2.45) is 4.99 Å². The molecule has 0 unspecified atom stereocenters. The van der Waals surface area contributed by atoms with Crippen molar-refractivity contribution in [1.82, 2.24) is 0 Å². The van der Waals surface area contributed by atoms with E-state index in [1.54, 1.807) is 25.1 Å². The molecule has 0 saturated heterocycles. The van der Waals surface area contributed by atoms with E-state index in [0.717, 1.165) is 9.13 Å². The number of carbonyl (C=O) groups excluding carboxylic acids is 1. The number of benzene rings is 3. The zero-order valence-electron chi connectivity index (χ0n) is 18.6. The van der Waals surface area contributed by atoms with E-state index in [4.69, 9.17) is 25.8 Å². The predicted molar refractivity (Wildman–Crippen MR) is 140 cm³/mol. The average Bonchev–Trinajstić information content (AvgIpc) is 3.18. The molecule has 1 aliphatic rings. The Morgan fingerprint density at radius 1 is 1.20 bits per heavy atom. The second-order valence-electron chi connectivity index (χ2n) is 7.51. The summed E-state index contributed by atoms with van der Waals surface area (Å²) in [5.74, 6) is 0.201. The van der Waals surface area contributed by atoms with Crippen LogP contribution in [0.5, 0.6) is 11.5 Å². The van der Waals surface area contributed by atoms with Crippen molar-refractivity contribution >= 4 is 57.8 Å². The van der Waals surface area contributed by atoms with E-state index < -0.39 is 10.9 Å². The quantitative estimate of drug-likeness (QED) is 0.106. The van der Waals surface area contributed by atoms with Crippen molar-refractivity contribution in [3.63, 3.8) is 0 Å². The lowest BCUT2D eigenvalue weighted by atomic mass is 10.1. The third-order valence-corrected chi connectivity index (χ3v) is 6.48. The summed E-state index contributed by atoms with van der Waals surface area (Å²) >= 11 is 8.72. The van der Waals surface area contributed by atoms with Crippen LogP contribution in [0.25, 0.3) is 6.08 Å². The number of carbonyl (C=O) groups is 1. The van der Waals surface area contributed by atoms with Gasteiger partial charge in [-0.05, 0) is 71.5 Å². The van der Waals surface area contributed by atoms with Gasteiger partial charge in [-0.25, -0.2) is 9.79 Å². The third-order valence-electron chi connectivity index (χ3n) is 5.15. The smallest absolute Gasteiger partial charge is 0.363 e. The van der Waals surface area contributed by atoms with E-state index >= 15 is 0 Å². The van der Waals surface area contributed by atoms with E-state index in [9.17, 15) is 14.9 Å². The molecule has 0 fully saturated rings. The first-order valence-electron chi connectivity index (χ1n) is 10.3. The summed E-state index contributed by atoms with van der Waals surface area (Å²) in [6.07, 6.45) is 1.52. The van der Waals surface area contributed by atoms with Crippen LogP contribution in [0, 0.1) is 20.6 Å². The van der Waals surface area contributed by atoms with Crippen molar-refractivity contribution in [2.75, 3.05) is 7.11 Å². The lowest BCUT2D eigenvalue weighted by Crippen LogP contribution is -2.06. The molecule has 0 saturated carbocycles. The molecule has 8 nitrogen and oxygen atoms in total. The first-order chi connectivity index (χ1) is 16.8. The van der Waals surface area contributed by atoms with E-state index in [1.165, 1.54) is 25.3 Å². The van der Waals surface area contributed by atoms with Crippen LogP contribution in [-0.2, 0) is 16.1 Å². The fraction of sp³-hybridized carbons (Fsp3) is 0.120. The van der Waals surface area contributed by atoms with Gasteiger partial charge in [0.15, 0.2) is 17.2 Å². The van der Waals surface area contributed by atoms with Gasteiger partial charge in [-0.1, -0.05) is 29.8 Å². The number of hydrogen-bond acceptors (Lipinski definition) is 7. The Hall–Kier alpha value is -3.44. The standard InChI is InChI=1S/C25H18ClIN2O6/c1-14-9-16(7-8-21(14)29(31)32)24-28-20(25(30)35-24)11-15-10-18(26)23(22(12-15)33-2)34-13-17-5-3-4-6-19(17)27/h3-12H,13H2,1-2H3/b20-11-. The highest BCUT2D eigenvalue weighted by Crippen LogP contribution is 2.38. The Morgan fingerprint density at radius 3 is 2.66 bits per heavy atom. The number of halogens is 2. The molecule has 1 heterocycles. The lowest BCUT2D eigenvalue weighted by Gasteiger charge is -2.14. The SMILES string of the molecule is COc1cc(/C=C2\N=C(c3ccc([N+](=O)[O-])c(C)c3)OC2=O)cc(Cl)c1OCc1ccccc1I. The monoisotopic (exact) mass is 604 g/mol. The molecular weight excluding hydrogens is 587 g/mol. The first-order valence-corrected chi connectivity index (χ1v) is 11.7. The number of nitrogens with zero attached hydrogens (tertiary/aromatic N) is 2. The fourth-order valence-corrected chi connectivity index (χ4v) is 4.23. The van der Waals surface area contributed by atoms with Gasteiger partial charge in [0.25, 0.3) is 5.69 Å². The summed E-state index contributed by atoms with van der Waals surface area (Å²) < 4.78 is 17.7. The predicted octanol–water partition coefficient (Wildman–Crippen LogP) is 6.09.